The molecule has 0 aromatic heterocycles. The maximum Gasteiger partial charge on any atom is 0.416 e. The van der Waals surface area contributed by atoms with Crippen LogP contribution in [0, 0.1) is 0 Å². The van der Waals surface area contributed by atoms with Crippen LogP contribution in [0.3, 0.4) is 0 Å². The minimum Gasteiger partial charge on any atom is -0.398 e. The predicted molar refractivity (Wildman–Crippen MR) is 97.2 cm³/mol. The fourth-order valence-corrected chi connectivity index (χ4v) is 4.01. The quantitative estimate of drug-likeness (QED) is 0.287. The van der Waals surface area contributed by atoms with E-state index >= 15 is 0 Å². The number of halogens is 3. The van der Waals surface area contributed by atoms with E-state index in [4.69, 9.17) is 5.73 Å². The third-order valence-corrected chi connectivity index (χ3v) is 5.40. The van der Waals surface area contributed by atoms with E-state index in [1.165, 1.54) is 56.0 Å². The van der Waals surface area contributed by atoms with Gasteiger partial charge in [0.25, 0.3) is 0 Å². The molecule has 0 atom stereocenters. The first-order valence-corrected chi connectivity index (χ1v) is 10.4. The van der Waals surface area contributed by atoms with Gasteiger partial charge in [0.1, 0.15) is 0 Å². The molecule has 0 saturated carbocycles. The lowest BCUT2D eigenvalue weighted by atomic mass is 10.1. The van der Waals surface area contributed by atoms with E-state index in [1.54, 1.807) is 18.0 Å². The van der Waals surface area contributed by atoms with Gasteiger partial charge in [-0.2, -0.15) is 24.9 Å². The Labute approximate surface area is 146 Å². The second-order valence-corrected chi connectivity index (χ2v) is 7.55. The molecule has 6 heteroatoms. The van der Waals surface area contributed by atoms with Gasteiger partial charge in [0.05, 0.1) is 5.56 Å². The summed E-state index contributed by atoms with van der Waals surface area (Å²) in [5, 5.41) is 0. The van der Waals surface area contributed by atoms with Crippen molar-refractivity contribution in [3.63, 3.8) is 0 Å². The average molecular weight is 366 g/mol. The van der Waals surface area contributed by atoms with Crippen LogP contribution in [-0.4, -0.2) is 12.0 Å². The van der Waals surface area contributed by atoms with E-state index in [0.29, 0.717) is 5.69 Å². The first-order chi connectivity index (χ1) is 10.9. The van der Waals surface area contributed by atoms with Gasteiger partial charge < -0.3 is 5.73 Å². The molecule has 0 heterocycles. The Morgan fingerprint density at radius 3 is 2.30 bits per heavy atom. The van der Waals surface area contributed by atoms with Crippen molar-refractivity contribution in [1.82, 2.24) is 0 Å². The lowest BCUT2D eigenvalue weighted by Crippen LogP contribution is -2.11. The summed E-state index contributed by atoms with van der Waals surface area (Å²) in [4.78, 5) is 0.774. The van der Waals surface area contributed by atoms with Gasteiger partial charge in [-0.1, -0.05) is 39.0 Å². The van der Waals surface area contributed by atoms with Gasteiger partial charge in [0.15, 0.2) is 0 Å². The van der Waals surface area contributed by atoms with Crippen molar-refractivity contribution in [2.45, 2.75) is 62.3 Å². The molecular weight excluding hydrogens is 339 g/mol. The van der Waals surface area contributed by atoms with E-state index in [1.807, 2.05) is 0 Å². The number of unbranched alkanes of at least 4 members (excludes halogenated alkanes) is 5. The summed E-state index contributed by atoms with van der Waals surface area (Å²) in [6.45, 7) is 2.19. The number of hydrogen-bond acceptors (Lipinski definition) is 3. The van der Waals surface area contributed by atoms with Gasteiger partial charge in [0, 0.05) is 16.3 Å². The normalized spacial score (nSPS) is 11.9. The monoisotopic (exact) mass is 365 g/mol. The van der Waals surface area contributed by atoms with Crippen LogP contribution in [0.5, 0.6) is 0 Å². The van der Waals surface area contributed by atoms with Crippen LogP contribution in [0.4, 0.5) is 18.9 Å². The van der Waals surface area contributed by atoms with Gasteiger partial charge in [-0.3, -0.25) is 0 Å². The summed E-state index contributed by atoms with van der Waals surface area (Å²) in [7, 11) is 0. The zero-order valence-corrected chi connectivity index (χ0v) is 15.5. The highest BCUT2D eigenvalue weighted by Crippen LogP contribution is 2.40. The molecule has 0 radical (unpaired) electrons. The largest absolute Gasteiger partial charge is 0.416 e. The molecule has 1 aromatic rings. The number of hydrogen-bond donors (Lipinski definition) is 1. The Balaban J connectivity index is 2.64. The number of nitrogens with two attached hydrogens (primary N) is 1. The lowest BCUT2D eigenvalue weighted by Gasteiger charge is -2.17. The van der Waals surface area contributed by atoms with E-state index in [0.717, 1.165) is 17.1 Å². The fraction of sp³-hybridized carbons (Fsp3) is 0.647. The summed E-state index contributed by atoms with van der Waals surface area (Å²) in [6.07, 6.45) is 4.69. The predicted octanol–water partition coefficient (Wildman–Crippen LogP) is 6.60. The third kappa shape index (κ3) is 6.87. The molecular formula is C17H26F3NS2. The number of benzene rings is 1. The fourth-order valence-electron chi connectivity index (χ4n) is 2.40. The van der Waals surface area contributed by atoms with E-state index in [9.17, 15) is 13.2 Å². The Morgan fingerprint density at radius 2 is 1.70 bits per heavy atom. The highest BCUT2D eigenvalue weighted by molar-refractivity contribution is 7.99. The number of alkyl halides is 3. The SMILES string of the molecule is CCCCCCCCSc1ccc(C(F)(F)F)c(CSC)c1N. The van der Waals surface area contributed by atoms with Crippen molar-refractivity contribution in [2.75, 3.05) is 17.7 Å². The topological polar surface area (TPSA) is 26.0 Å². The van der Waals surface area contributed by atoms with Crippen molar-refractivity contribution in [3.8, 4) is 0 Å². The van der Waals surface area contributed by atoms with Crippen molar-refractivity contribution >= 4 is 29.2 Å². The standard InChI is InChI=1S/C17H26F3NS2/c1-3-4-5-6-7-8-11-23-15-10-9-14(17(18,19)20)13(12-22-2)16(15)21/h9-10H,3-8,11-12,21H2,1-2H3. The van der Waals surface area contributed by atoms with Crippen LogP contribution >= 0.6 is 23.5 Å². The van der Waals surface area contributed by atoms with Crippen molar-refractivity contribution in [3.05, 3.63) is 23.3 Å². The second kappa shape index (κ2) is 10.4. The van der Waals surface area contributed by atoms with E-state index in [2.05, 4.69) is 6.92 Å². The molecule has 132 valence electrons. The molecule has 0 amide bonds. The molecule has 1 aromatic carbocycles. The molecule has 0 unspecified atom stereocenters. The maximum absolute atomic E-state index is 13.1. The molecule has 23 heavy (non-hydrogen) atoms. The van der Waals surface area contributed by atoms with Crippen molar-refractivity contribution in [1.29, 1.82) is 0 Å². The Kier molecular flexibility index (Phi) is 9.29. The van der Waals surface area contributed by atoms with Crippen LogP contribution < -0.4 is 5.73 Å². The maximum atomic E-state index is 13.1. The molecule has 0 aliphatic heterocycles. The van der Waals surface area contributed by atoms with Crippen molar-refractivity contribution in [2.24, 2.45) is 0 Å². The Bertz CT molecular complexity index is 476. The Hall–Kier alpha value is -0.490. The minimum atomic E-state index is -4.35. The smallest absolute Gasteiger partial charge is 0.398 e. The summed E-state index contributed by atoms with van der Waals surface area (Å²) in [5.41, 5.74) is 5.93. The van der Waals surface area contributed by atoms with Gasteiger partial charge in [-0.25, -0.2) is 0 Å². The van der Waals surface area contributed by atoms with Gasteiger partial charge in [-0.15, -0.1) is 11.8 Å². The molecule has 0 fully saturated rings. The first kappa shape index (κ1) is 20.6. The zero-order valence-electron chi connectivity index (χ0n) is 13.8. The van der Waals surface area contributed by atoms with Crippen LogP contribution in [0.1, 0.15) is 56.6 Å². The molecule has 0 saturated heterocycles. The summed E-state index contributed by atoms with van der Waals surface area (Å²) >= 11 is 2.93. The lowest BCUT2D eigenvalue weighted by molar-refractivity contribution is -0.138. The minimum absolute atomic E-state index is 0.220. The van der Waals surface area contributed by atoms with Crippen LogP contribution in [0.25, 0.3) is 0 Å². The van der Waals surface area contributed by atoms with Crippen LogP contribution in [0.15, 0.2) is 17.0 Å². The number of thioether (sulfide) groups is 2. The summed E-state index contributed by atoms with van der Waals surface area (Å²) < 4.78 is 39.2. The van der Waals surface area contributed by atoms with Crippen molar-refractivity contribution < 1.29 is 13.2 Å². The highest BCUT2D eigenvalue weighted by Gasteiger charge is 2.34. The first-order valence-electron chi connectivity index (χ1n) is 8.02. The number of rotatable bonds is 10. The summed E-state index contributed by atoms with van der Waals surface area (Å²) in [5.74, 6) is 1.19. The average Bonchev–Trinajstić information content (AvgIpc) is 2.48. The van der Waals surface area contributed by atoms with Gasteiger partial charge in [-0.05, 0) is 36.1 Å². The molecule has 0 aliphatic carbocycles. The molecule has 0 spiro atoms. The van der Waals surface area contributed by atoms with Gasteiger partial charge in [0.2, 0.25) is 0 Å². The number of anilines is 1. The van der Waals surface area contributed by atoms with E-state index < -0.39 is 11.7 Å². The summed E-state index contributed by atoms with van der Waals surface area (Å²) in [6, 6.07) is 2.69. The van der Waals surface area contributed by atoms with E-state index in [-0.39, 0.29) is 11.3 Å². The number of nitrogen functional groups attached to an aromatic ring is 1. The van der Waals surface area contributed by atoms with Crippen LogP contribution in [-0.2, 0) is 11.9 Å². The highest BCUT2D eigenvalue weighted by atomic mass is 32.2. The van der Waals surface area contributed by atoms with Crippen LogP contribution in [0.2, 0.25) is 0 Å². The molecule has 2 N–H and O–H groups in total. The second-order valence-electron chi connectivity index (χ2n) is 5.55. The third-order valence-electron chi connectivity index (χ3n) is 3.67. The zero-order chi connectivity index (χ0) is 17.3. The van der Waals surface area contributed by atoms with Gasteiger partial charge >= 0.3 is 6.18 Å². The molecule has 1 rings (SSSR count). The Morgan fingerprint density at radius 1 is 1.04 bits per heavy atom. The molecule has 0 aliphatic rings. The molecule has 0 bridgehead atoms. The molecule has 1 nitrogen and oxygen atoms in total.